The Morgan fingerprint density at radius 3 is 2.21 bits per heavy atom. The summed E-state index contributed by atoms with van der Waals surface area (Å²) in [6.45, 7) is 13.2. The predicted octanol–water partition coefficient (Wildman–Crippen LogP) is 4.09. The monoisotopic (exact) mass is 195 g/mol. The Hall–Kier alpha value is -0.590. The van der Waals surface area contributed by atoms with Gasteiger partial charge in [0, 0.05) is 12.3 Å². The zero-order valence-corrected chi connectivity index (χ0v) is 10.5. The van der Waals surface area contributed by atoms with Gasteiger partial charge in [-0.25, -0.2) is 0 Å². The average molecular weight is 195 g/mol. The highest BCUT2D eigenvalue weighted by molar-refractivity contribution is 5.71. The summed E-state index contributed by atoms with van der Waals surface area (Å²) < 4.78 is 0. The Kier molecular flexibility index (Phi) is 5.75. The molecule has 0 aromatic heterocycles. The van der Waals surface area contributed by atoms with Gasteiger partial charge in [0.15, 0.2) is 0 Å². The van der Waals surface area contributed by atoms with Crippen LogP contribution in [0.25, 0.3) is 0 Å². The molecule has 0 radical (unpaired) electrons. The van der Waals surface area contributed by atoms with Crippen LogP contribution in [0.1, 0.15) is 48.0 Å². The molecule has 0 aromatic carbocycles. The lowest BCUT2D eigenvalue weighted by atomic mass is 9.90. The van der Waals surface area contributed by atoms with Gasteiger partial charge < -0.3 is 0 Å². The molecular formula is C13H25N. The van der Waals surface area contributed by atoms with Gasteiger partial charge in [-0.2, -0.15) is 0 Å². The highest BCUT2D eigenvalue weighted by Gasteiger charge is 2.08. The van der Waals surface area contributed by atoms with E-state index in [1.54, 1.807) is 0 Å². The van der Waals surface area contributed by atoms with Crippen LogP contribution in [0.5, 0.6) is 0 Å². The number of rotatable bonds is 5. The first-order valence-electron chi connectivity index (χ1n) is 5.60. The van der Waals surface area contributed by atoms with Crippen molar-refractivity contribution < 1.29 is 0 Å². The summed E-state index contributed by atoms with van der Waals surface area (Å²) in [6, 6.07) is 0.421. The lowest BCUT2D eigenvalue weighted by Gasteiger charge is -2.16. The molecule has 0 amide bonds. The fourth-order valence-electron chi connectivity index (χ4n) is 0.779. The number of allylic oxidation sites excluding steroid dienone is 2. The Morgan fingerprint density at radius 1 is 1.21 bits per heavy atom. The normalized spacial score (nSPS) is 15.9. The Labute approximate surface area is 89.3 Å². The van der Waals surface area contributed by atoms with Gasteiger partial charge in [0.2, 0.25) is 0 Å². The van der Waals surface area contributed by atoms with Gasteiger partial charge in [0.05, 0.1) is 0 Å². The lowest BCUT2D eigenvalue weighted by Crippen LogP contribution is -2.07. The van der Waals surface area contributed by atoms with Gasteiger partial charge in [0.1, 0.15) is 0 Å². The summed E-state index contributed by atoms with van der Waals surface area (Å²) in [4.78, 5) is 4.45. The van der Waals surface area contributed by atoms with E-state index in [2.05, 4.69) is 58.7 Å². The number of aliphatic imine (C=N–C) groups is 1. The topological polar surface area (TPSA) is 12.4 Å². The van der Waals surface area contributed by atoms with Gasteiger partial charge in [-0.05, 0) is 30.8 Å². The zero-order valence-electron chi connectivity index (χ0n) is 10.5. The third-order valence-corrected chi connectivity index (χ3v) is 2.83. The summed E-state index contributed by atoms with van der Waals surface area (Å²) in [6.07, 6.45) is 7.39. The van der Waals surface area contributed by atoms with Crippen molar-refractivity contribution in [3.8, 4) is 0 Å². The fourth-order valence-corrected chi connectivity index (χ4v) is 0.779. The van der Waals surface area contributed by atoms with E-state index >= 15 is 0 Å². The smallest absolute Gasteiger partial charge is 0.0494 e. The summed E-state index contributed by atoms with van der Waals surface area (Å²) in [5.74, 6) is 0.624. The quantitative estimate of drug-likeness (QED) is 0.586. The molecule has 14 heavy (non-hydrogen) atoms. The second-order valence-corrected chi connectivity index (χ2v) is 4.98. The van der Waals surface area contributed by atoms with E-state index in [1.807, 2.05) is 6.21 Å². The SMILES string of the molecule is CCC(C)(C)/C=C\C=N/C(C)C(C)C. The van der Waals surface area contributed by atoms with E-state index in [9.17, 15) is 0 Å². The molecule has 82 valence electrons. The van der Waals surface area contributed by atoms with E-state index in [0.717, 1.165) is 6.42 Å². The molecule has 0 spiro atoms. The molecule has 0 aliphatic heterocycles. The number of hydrogen-bond acceptors (Lipinski definition) is 1. The van der Waals surface area contributed by atoms with E-state index < -0.39 is 0 Å². The molecule has 0 aliphatic rings. The fraction of sp³-hybridized carbons (Fsp3) is 0.769. The maximum Gasteiger partial charge on any atom is 0.0494 e. The first kappa shape index (κ1) is 13.4. The average Bonchev–Trinajstić information content (AvgIpc) is 2.12. The lowest BCUT2D eigenvalue weighted by molar-refractivity contribution is 0.462. The van der Waals surface area contributed by atoms with Crippen molar-refractivity contribution in [1.82, 2.24) is 0 Å². The van der Waals surface area contributed by atoms with Gasteiger partial charge in [0.25, 0.3) is 0 Å². The van der Waals surface area contributed by atoms with E-state index in [-0.39, 0.29) is 0 Å². The van der Waals surface area contributed by atoms with Crippen LogP contribution in [0.3, 0.4) is 0 Å². The van der Waals surface area contributed by atoms with E-state index in [1.165, 1.54) is 0 Å². The summed E-state index contributed by atoms with van der Waals surface area (Å²) in [5, 5.41) is 0. The van der Waals surface area contributed by atoms with Crippen LogP contribution in [0, 0.1) is 11.3 Å². The van der Waals surface area contributed by atoms with Crippen LogP contribution in [-0.2, 0) is 0 Å². The van der Waals surface area contributed by atoms with Crippen LogP contribution in [-0.4, -0.2) is 12.3 Å². The second-order valence-electron chi connectivity index (χ2n) is 4.98. The number of nitrogens with zero attached hydrogens (tertiary/aromatic N) is 1. The van der Waals surface area contributed by atoms with Crippen LogP contribution in [0.15, 0.2) is 17.1 Å². The minimum atomic E-state index is 0.299. The van der Waals surface area contributed by atoms with Gasteiger partial charge in [-0.1, -0.05) is 40.7 Å². The molecule has 0 rings (SSSR count). The molecule has 1 heteroatoms. The molecular weight excluding hydrogens is 170 g/mol. The molecule has 0 aliphatic carbocycles. The highest BCUT2D eigenvalue weighted by Crippen LogP contribution is 2.20. The van der Waals surface area contributed by atoms with Crippen molar-refractivity contribution in [2.75, 3.05) is 0 Å². The van der Waals surface area contributed by atoms with Gasteiger partial charge >= 0.3 is 0 Å². The Morgan fingerprint density at radius 2 is 1.79 bits per heavy atom. The zero-order chi connectivity index (χ0) is 11.2. The molecule has 0 saturated carbocycles. The minimum Gasteiger partial charge on any atom is -0.290 e. The van der Waals surface area contributed by atoms with Crippen LogP contribution >= 0.6 is 0 Å². The van der Waals surface area contributed by atoms with Crippen molar-refractivity contribution in [2.24, 2.45) is 16.3 Å². The number of hydrogen-bond donors (Lipinski definition) is 0. The first-order chi connectivity index (χ1) is 6.39. The molecule has 1 atom stereocenters. The van der Waals surface area contributed by atoms with Crippen molar-refractivity contribution in [1.29, 1.82) is 0 Å². The molecule has 0 aromatic rings. The van der Waals surface area contributed by atoms with E-state index in [4.69, 9.17) is 0 Å². The van der Waals surface area contributed by atoms with E-state index in [0.29, 0.717) is 17.4 Å². The van der Waals surface area contributed by atoms with Crippen molar-refractivity contribution >= 4 is 6.21 Å². The molecule has 1 nitrogen and oxygen atoms in total. The summed E-state index contributed by atoms with van der Waals surface area (Å²) in [5.41, 5.74) is 0.299. The Balaban J connectivity index is 4.05. The largest absolute Gasteiger partial charge is 0.290 e. The maximum atomic E-state index is 4.45. The summed E-state index contributed by atoms with van der Waals surface area (Å²) in [7, 11) is 0. The van der Waals surface area contributed by atoms with Crippen molar-refractivity contribution in [2.45, 2.75) is 54.0 Å². The molecule has 0 saturated heterocycles. The molecule has 0 N–H and O–H groups in total. The third kappa shape index (κ3) is 5.95. The van der Waals surface area contributed by atoms with Crippen molar-refractivity contribution in [3.63, 3.8) is 0 Å². The van der Waals surface area contributed by atoms with Crippen molar-refractivity contribution in [3.05, 3.63) is 12.2 Å². The van der Waals surface area contributed by atoms with Gasteiger partial charge in [-0.3, -0.25) is 4.99 Å². The van der Waals surface area contributed by atoms with Gasteiger partial charge in [-0.15, -0.1) is 0 Å². The second kappa shape index (κ2) is 6.00. The predicted molar refractivity (Wildman–Crippen MR) is 66.0 cm³/mol. The van der Waals surface area contributed by atoms with Crippen LogP contribution in [0.2, 0.25) is 0 Å². The molecule has 0 heterocycles. The first-order valence-corrected chi connectivity index (χ1v) is 5.60. The summed E-state index contributed by atoms with van der Waals surface area (Å²) >= 11 is 0. The molecule has 0 bridgehead atoms. The Bertz CT molecular complexity index is 199. The minimum absolute atomic E-state index is 0.299. The standard InChI is InChI=1S/C13H25N/c1-7-13(5,6)9-8-10-14-12(4)11(2)3/h8-12H,7H2,1-6H3/b9-8-,14-10-. The van der Waals surface area contributed by atoms with Crippen LogP contribution in [0.4, 0.5) is 0 Å². The van der Waals surface area contributed by atoms with Crippen LogP contribution < -0.4 is 0 Å². The highest BCUT2D eigenvalue weighted by atomic mass is 14.8. The third-order valence-electron chi connectivity index (χ3n) is 2.83. The molecule has 1 unspecified atom stereocenters. The molecule has 0 fully saturated rings. The maximum absolute atomic E-state index is 4.45.